The normalized spacial score (nSPS) is 11.4. The summed E-state index contributed by atoms with van der Waals surface area (Å²) in [5, 5.41) is 15.0. The molecule has 3 heterocycles. The van der Waals surface area contributed by atoms with Gasteiger partial charge in [0, 0.05) is 23.1 Å². The fraction of sp³-hybridized carbons (Fsp3) is 0.161. The monoisotopic (exact) mass is 587 g/mol. The van der Waals surface area contributed by atoms with Gasteiger partial charge in [-0.05, 0) is 81.4 Å². The Morgan fingerprint density at radius 2 is 1.72 bits per heavy atom. The van der Waals surface area contributed by atoms with Gasteiger partial charge in [0.1, 0.15) is 22.8 Å². The quantitative estimate of drug-likeness (QED) is 0.229. The fourth-order valence-electron chi connectivity index (χ4n) is 4.37. The molecule has 3 aromatic heterocycles. The molecule has 12 heteroatoms. The molecule has 2 aromatic carbocycles. The van der Waals surface area contributed by atoms with Gasteiger partial charge in [-0.15, -0.1) is 0 Å². The van der Waals surface area contributed by atoms with Crippen LogP contribution in [0, 0.1) is 18.6 Å². The zero-order valence-electron chi connectivity index (χ0n) is 23.4. The molecule has 0 saturated heterocycles. The summed E-state index contributed by atoms with van der Waals surface area (Å²) in [6.45, 7) is 4.73. The molecule has 5 rings (SSSR count). The first-order valence-corrected chi connectivity index (χ1v) is 13.1. The van der Waals surface area contributed by atoms with Crippen molar-refractivity contribution in [2.45, 2.75) is 32.8 Å². The van der Waals surface area contributed by atoms with E-state index in [1.165, 1.54) is 60.9 Å². The molecule has 3 N–H and O–H groups in total. The highest BCUT2D eigenvalue weighted by Crippen LogP contribution is 2.28. The van der Waals surface area contributed by atoms with Crippen molar-refractivity contribution in [3.63, 3.8) is 0 Å². The van der Waals surface area contributed by atoms with Gasteiger partial charge in [-0.25, -0.2) is 13.8 Å². The number of imidazole rings is 1. The van der Waals surface area contributed by atoms with Crippen molar-refractivity contribution in [3.05, 3.63) is 112 Å². The van der Waals surface area contributed by atoms with E-state index in [9.17, 15) is 28.3 Å². The minimum Gasteiger partial charge on any atom is -0.453 e. The molecule has 220 valence electrons. The van der Waals surface area contributed by atoms with Gasteiger partial charge in [-0.2, -0.15) is 0 Å². The van der Waals surface area contributed by atoms with Crippen molar-refractivity contribution in [1.29, 1.82) is 0 Å². The predicted octanol–water partition coefficient (Wildman–Crippen LogP) is 5.22. The Morgan fingerprint density at radius 3 is 2.42 bits per heavy atom. The molecule has 0 aliphatic heterocycles. The molecular weight excluding hydrogens is 560 g/mol. The SMILES string of the molecule is Cc1ccc(C(=O)Nc2ccc(Oc3ccc4nc(NC(=O)CC(C)(C)O)cn4c3)c(F)c2)c(=O)n1-c1ccc(F)cc1. The molecule has 0 aliphatic rings. The number of anilines is 2. The molecule has 0 saturated carbocycles. The third kappa shape index (κ3) is 6.76. The number of carbonyl (C=O) groups is 2. The third-order valence-electron chi connectivity index (χ3n) is 6.31. The molecule has 10 nitrogen and oxygen atoms in total. The largest absolute Gasteiger partial charge is 0.453 e. The number of carbonyl (C=O) groups excluding carboxylic acids is 2. The zero-order valence-corrected chi connectivity index (χ0v) is 23.4. The van der Waals surface area contributed by atoms with Crippen LogP contribution >= 0.6 is 0 Å². The zero-order chi connectivity index (χ0) is 30.9. The number of halogens is 2. The van der Waals surface area contributed by atoms with Gasteiger partial charge < -0.3 is 24.9 Å². The standard InChI is InChI=1S/C31H27F2N5O5/c1-18-4-11-23(30(41)38(18)21-8-5-19(32)6-9-21)29(40)34-20-7-12-25(24(33)14-20)43-22-10-13-27-35-26(17-37(27)16-22)36-28(39)15-31(2,3)42/h4-14,16-17,42H,15H2,1-3H3,(H,34,40)(H,36,39). The van der Waals surface area contributed by atoms with Gasteiger partial charge in [0.15, 0.2) is 17.4 Å². The van der Waals surface area contributed by atoms with E-state index >= 15 is 0 Å². The van der Waals surface area contributed by atoms with Crippen molar-refractivity contribution in [2.24, 2.45) is 0 Å². The van der Waals surface area contributed by atoms with Crippen LogP contribution in [0.4, 0.5) is 20.3 Å². The van der Waals surface area contributed by atoms with Crippen molar-refractivity contribution < 1.29 is 28.2 Å². The Morgan fingerprint density at radius 1 is 0.977 bits per heavy atom. The lowest BCUT2D eigenvalue weighted by molar-refractivity contribution is -0.119. The summed E-state index contributed by atoms with van der Waals surface area (Å²) < 4.78 is 36.9. The minimum absolute atomic E-state index is 0.0969. The van der Waals surface area contributed by atoms with Crippen LogP contribution < -0.4 is 20.9 Å². The molecule has 0 unspecified atom stereocenters. The summed E-state index contributed by atoms with van der Waals surface area (Å²) >= 11 is 0. The first kappa shape index (κ1) is 29.1. The average Bonchev–Trinajstić information content (AvgIpc) is 3.31. The lowest BCUT2D eigenvalue weighted by Crippen LogP contribution is -2.29. The summed E-state index contributed by atoms with van der Waals surface area (Å²) in [7, 11) is 0. The number of hydrogen-bond donors (Lipinski definition) is 3. The third-order valence-corrected chi connectivity index (χ3v) is 6.31. The number of aliphatic hydroxyl groups is 1. The molecule has 0 spiro atoms. The highest BCUT2D eigenvalue weighted by molar-refractivity contribution is 6.04. The Hall–Kier alpha value is -5.36. The number of amides is 2. The second-order valence-electron chi connectivity index (χ2n) is 10.5. The molecule has 43 heavy (non-hydrogen) atoms. The Bertz CT molecular complexity index is 1910. The average molecular weight is 588 g/mol. The van der Waals surface area contributed by atoms with Crippen LogP contribution in [0.5, 0.6) is 11.5 Å². The fourth-order valence-corrected chi connectivity index (χ4v) is 4.37. The molecule has 0 fully saturated rings. The maximum Gasteiger partial charge on any atom is 0.268 e. The maximum atomic E-state index is 15.0. The Balaban J connectivity index is 1.29. The number of ether oxygens (including phenoxy) is 1. The summed E-state index contributed by atoms with van der Waals surface area (Å²) in [5.41, 5.74) is -0.425. The highest BCUT2D eigenvalue weighted by Gasteiger charge is 2.19. The van der Waals surface area contributed by atoms with E-state index in [4.69, 9.17) is 4.74 Å². The minimum atomic E-state index is -1.17. The summed E-state index contributed by atoms with van der Waals surface area (Å²) in [6, 6.07) is 15.3. The molecule has 5 aromatic rings. The summed E-state index contributed by atoms with van der Waals surface area (Å²) in [6.07, 6.45) is 2.99. The van der Waals surface area contributed by atoms with E-state index in [-0.39, 0.29) is 35.0 Å². The molecule has 0 atom stereocenters. The number of hydrogen-bond acceptors (Lipinski definition) is 6. The van der Waals surface area contributed by atoms with Crippen molar-refractivity contribution >= 4 is 29.0 Å². The van der Waals surface area contributed by atoms with Gasteiger partial charge >= 0.3 is 0 Å². The number of aromatic nitrogens is 3. The lowest BCUT2D eigenvalue weighted by Gasteiger charge is -2.15. The Kier molecular flexibility index (Phi) is 7.79. The van der Waals surface area contributed by atoms with E-state index < -0.39 is 34.6 Å². The number of aryl methyl sites for hydroxylation is 1. The number of benzene rings is 2. The molecule has 0 aliphatic carbocycles. The van der Waals surface area contributed by atoms with Crippen LogP contribution in [0.2, 0.25) is 0 Å². The van der Waals surface area contributed by atoms with Crippen LogP contribution in [-0.2, 0) is 4.79 Å². The predicted molar refractivity (Wildman–Crippen MR) is 156 cm³/mol. The smallest absolute Gasteiger partial charge is 0.268 e. The number of pyridine rings is 2. The number of rotatable bonds is 8. The van der Waals surface area contributed by atoms with E-state index in [0.29, 0.717) is 17.0 Å². The van der Waals surface area contributed by atoms with E-state index in [1.807, 2.05) is 0 Å². The van der Waals surface area contributed by atoms with Crippen LogP contribution in [0.3, 0.4) is 0 Å². The van der Waals surface area contributed by atoms with Crippen molar-refractivity contribution in [2.75, 3.05) is 10.6 Å². The van der Waals surface area contributed by atoms with Gasteiger partial charge in [-0.1, -0.05) is 0 Å². The van der Waals surface area contributed by atoms with Crippen LogP contribution in [-0.4, -0.2) is 36.5 Å². The molecule has 2 amide bonds. The second-order valence-corrected chi connectivity index (χ2v) is 10.5. The van der Waals surface area contributed by atoms with Crippen molar-refractivity contribution in [1.82, 2.24) is 14.0 Å². The van der Waals surface area contributed by atoms with Gasteiger partial charge in [0.2, 0.25) is 5.91 Å². The first-order valence-electron chi connectivity index (χ1n) is 13.1. The summed E-state index contributed by atoms with van der Waals surface area (Å²) in [4.78, 5) is 42.4. The maximum absolute atomic E-state index is 15.0. The second kappa shape index (κ2) is 11.5. The van der Waals surface area contributed by atoms with E-state index in [0.717, 1.165) is 6.07 Å². The lowest BCUT2D eigenvalue weighted by atomic mass is 10.1. The Labute approximate surface area is 244 Å². The van der Waals surface area contributed by atoms with Crippen LogP contribution in [0.1, 0.15) is 36.3 Å². The molecule has 0 bridgehead atoms. The van der Waals surface area contributed by atoms with Gasteiger partial charge in [0.05, 0.1) is 24.4 Å². The van der Waals surface area contributed by atoms with Gasteiger partial charge in [-0.3, -0.25) is 19.0 Å². The molecular formula is C31H27F2N5O5. The highest BCUT2D eigenvalue weighted by atomic mass is 19.1. The first-order chi connectivity index (χ1) is 20.4. The van der Waals surface area contributed by atoms with E-state index in [1.54, 1.807) is 41.9 Å². The van der Waals surface area contributed by atoms with Crippen LogP contribution in [0.25, 0.3) is 11.3 Å². The molecule has 0 radical (unpaired) electrons. The van der Waals surface area contributed by atoms with Gasteiger partial charge in [0.25, 0.3) is 11.5 Å². The summed E-state index contributed by atoms with van der Waals surface area (Å²) in [5.74, 6) is -1.95. The number of fused-ring (bicyclic) bond motifs is 1. The topological polar surface area (TPSA) is 127 Å². The van der Waals surface area contributed by atoms with Crippen molar-refractivity contribution in [3.8, 4) is 17.2 Å². The van der Waals surface area contributed by atoms with Crippen LogP contribution in [0.15, 0.2) is 83.9 Å². The number of nitrogens with one attached hydrogen (secondary N) is 2. The van der Waals surface area contributed by atoms with E-state index in [2.05, 4.69) is 15.6 Å². The number of nitrogens with zero attached hydrogens (tertiary/aromatic N) is 3.